The number of benzene rings is 1. The van der Waals surface area contributed by atoms with Crippen molar-refractivity contribution in [3.63, 3.8) is 0 Å². The Labute approximate surface area is 140 Å². The van der Waals surface area contributed by atoms with Crippen LogP contribution < -0.4 is 10.6 Å². The number of nitro groups is 1. The van der Waals surface area contributed by atoms with E-state index in [1.807, 2.05) is 0 Å². The lowest BCUT2D eigenvalue weighted by Crippen LogP contribution is -2.10. The predicted octanol–water partition coefficient (Wildman–Crippen LogP) is 3.09. The highest BCUT2D eigenvalue weighted by molar-refractivity contribution is 7.15. The zero-order valence-electron chi connectivity index (χ0n) is 12.6. The zero-order chi connectivity index (χ0) is 17.1. The Balaban J connectivity index is 1.72. The monoisotopic (exact) mass is 347 g/mol. The molecule has 9 nitrogen and oxygen atoms in total. The number of nitrogens with zero attached hydrogens (tertiary/aromatic N) is 3. The van der Waals surface area contributed by atoms with Crippen molar-refractivity contribution in [2.24, 2.45) is 0 Å². The average Bonchev–Trinajstić information content (AvgIpc) is 3.14. The van der Waals surface area contributed by atoms with Crippen LogP contribution in [0.3, 0.4) is 0 Å². The second kappa shape index (κ2) is 6.54. The molecule has 0 aliphatic heterocycles. The van der Waals surface area contributed by atoms with Crippen LogP contribution in [0.25, 0.3) is 4.96 Å². The summed E-state index contributed by atoms with van der Waals surface area (Å²) in [5.74, 6) is 0.138. The van der Waals surface area contributed by atoms with Crippen molar-refractivity contribution >= 4 is 39.7 Å². The fourth-order valence-electron chi connectivity index (χ4n) is 2.13. The van der Waals surface area contributed by atoms with E-state index in [-0.39, 0.29) is 11.6 Å². The Bertz CT molecular complexity index is 886. The highest BCUT2D eigenvalue weighted by atomic mass is 32.1. The van der Waals surface area contributed by atoms with Gasteiger partial charge in [-0.1, -0.05) is 23.5 Å². The lowest BCUT2D eigenvalue weighted by atomic mass is 10.2. The Kier molecular flexibility index (Phi) is 4.29. The third kappa shape index (κ3) is 3.13. The molecule has 0 spiro atoms. The molecule has 1 aromatic carbocycles. The molecule has 24 heavy (non-hydrogen) atoms. The van der Waals surface area contributed by atoms with Crippen LogP contribution in [0, 0.1) is 10.1 Å². The predicted molar refractivity (Wildman–Crippen MR) is 89.5 cm³/mol. The minimum Gasteiger partial charge on any atom is -0.453 e. The summed E-state index contributed by atoms with van der Waals surface area (Å²) in [5.41, 5.74) is 1.48. The van der Waals surface area contributed by atoms with Crippen molar-refractivity contribution in [3.05, 3.63) is 51.5 Å². The summed E-state index contributed by atoms with van der Waals surface area (Å²) in [6, 6.07) is 7.02. The Morgan fingerprint density at radius 2 is 2.17 bits per heavy atom. The number of carbonyl (C=O) groups is 1. The largest absolute Gasteiger partial charge is 0.453 e. The third-order valence-corrected chi connectivity index (χ3v) is 4.01. The number of carbonyl (C=O) groups excluding carboxylic acids is 1. The molecule has 0 saturated heterocycles. The van der Waals surface area contributed by atoms with Gasteiger partial charge in [0.1, 0.15) is 6.20 Å². The summed E-state index contributed by atoms with van der Waals surface area (Å²) in [4.78, 5) is 26.7. The van der Waals surface area contributed by atoms with E-state index in [1.54, 1.807) is 35.8 Å². The van der Waals surface area contributed by atoms with Gasteiger partial charge in [-0.05, 0) is 22.6 Å². The van der Waals surface area contributed by atoms with Crippen molar-refractivity contribution in [2.45, 2.75) is 6.54 Å². The molecule has 1 amide bonds. The van der Waals surface area contributed by atoms with Gasteiger partial charge in [-0.15, -0.1) is 0 Å². The molecule has 0 saturated carbocycles. The van der Waals surface area contributed by atoms with Crippen molar-refractivity contribution in [3.8, 4) is 0 Å². The van der Waals surface area contributed by atoms with Crippen molar-refractivity contribution in [1.29, 1.82) is 0 Å². The van der Waals surface area contributed by atoms with Crippen molar-refractivity contribution in [2.75, 3.05) is 17.7 Å². The molecule has 0 radical (unpaired) electrons. The third-order valence-electron chi connectivity index (χ3n) is 3.26. The molecule has 124 valence electrons. The van der Waals surface area contributed by atoms with Crippen molar-refractivity contribution < 1.29 is 14.5 Å². The van der Waals surface area contributed by atoms with Crippen LogP contribution >= 0.6 is 11.3 Å². The molecule has 3 aromatic rings. The van der Waals surface area contributed by atoms with Crippen LogP contribution in [-0.4, -0.2) is 27.5 Å². The summed E-state index contributed by atoms with van der Waals surface area (Å²) in [7, 11) is 1.29. The topological polar surface area (TPSA) is 111 Å². The van der Waals surface area contributed by atoms with E-state index in [1.165, 1.54) is 22.8 Å². The fourth-order valence-corrected chi connectivity index (χ4v) is 2.84. The number of ether oxygens (including phenoxy) is 1. The molecule has 2 heterocycles. The zero-order valence-corrected chi connectivity index (χ0v) is 13.4. The molecule has 0 aliphatic carbocycles. The van der Waals surface area contributed by atoms with Gasteiger partial charge < -0.3 is 20.2 Å². The number of thiazole rings is 1. The van der Waals surface area contributed by atoms with E-state index >= 15 is 0 Å². The first kappa shape index (κ1) is 15.7. The Hall–Kier alpha value is -3.14. The number of amides is 1. The average molecular weight is 347 g/mol. The highest BCUT2D eigenvalue weighted by Crippen LogP contribution is 2.28. The lowest BCUT2D eigenvalue weighted by Gasteiger charge is -2.06. The Morgan fingerprint density at radius 3 is 2.83 bits per heavy atom. The molecular formula is C14H13N5O4S. The summed E-state index contributed by atoms with van der Waals surface area (Å²) in [6.07, 6.45) is 1.07. The van der Waals surface area contributed by atoms with Gasteiger partial charge in [0.05, 0.1) is 7.11 Å². The standard InChI is InChI=1S/C14H13N5O4S/c1-23-14(20)16-10-4-2-9(3-5-10)8-15-11-12(19(21)22)18-6-7-24-13(18)17-11/h2-7,15H,8H2,1H3,(H,16,20). The second-order valence-corrected chi connectivity index (χ2v) is 5.64. The highest BCUT2D eigenvalue weighted by Gasteiger charge is 2.23. The minimum absolute atomic E-state index is 0.0878. The second-order valence-electron chi connectivity index (χ2n) is 4.76. The first-order valence-electron chi connectivity index (χ1n) is 6.86. The Morgan fingerprint density at radius 1 is 1.42 bits per heavy atom. The SMILES string of the molecule is COC(=O)Nc1ccc(CNc2nc3sccn3c2[N+](=O)[O-])cc1. The van der Waals surface area contributed by atoms with Gasteiger partial charge in [0.2, 0.25) is 5.82 Å². The quantitative estimate of drug-likeness (QED) is 0.542. The summed E-state index contributed by atoms with van der Waals surface area (Å²) < 4.78 is 5.95. The summed E-state index contributed by atoms with van der Waals surface area (Å²) in [5, 5.41) is 18.5. The van der Waals surface area contributed by atoms with E-state index in [2.05, 4.69) is 20.4 Å². The van der Waals surface area contributed by atoms with Gasteiger partial charge in [-0.25, -0.2) is 4.79 Å². The normalized spacial score (nSPS) is 10.5. The van der Waals surface area contributed by atoms with Crippen LogP contribution in [0.4, 0.5) is 22.1 Å². The molecule has 3 rings (SSSR count). The van der Waals surface area contributed by atoms with Crippen LogP contribution in [0.5, 0.6) is 0 Å². The molecule has 0 atom stereocenters. The first-order valence-corrected chi connectivity index (χ1v) is 7.74. The van der Waals surface area contributed by atoms with E-state index in [0.717, 1.165) is 5.56 Å². The molecule has 0 aliphatic rings. The summed E-state index contributed by atoms with van der Waals surface area (Å²) >= 11 is 1.33. The maximum atomic E-state index is 11.2. The van der Waals surface area contributed by atoms with Crippen LogP contribution in [0.1, 0.15) is 5.56 Å². The molecular weight excluding hydrogens is 334 g/mol. The number of aromatic nitrogens is 2. The first-order chi connectivity index (χ1) is 11.6. The number of hydrogen-bond donors (Lipinski definition) is 2. The number of fused-ring (bicyclic) bond motifs is 1. The molecule has 2 aromatic heterocycles. The van der Waals surface area contributed by atoms with Gasteiger partial charge in [-0.3, -0.25) is 5.32 Å². The number of methoxy groups -OCH3 is 1. The maximum absolute atomic E-state index is 11.2. The van der Waals surface area contributed by atoms with Gasteiger partial charge in [0.25, 0.3) is 4.96 Å². The van der Waals surface area contributed by atoms with Crippen LogP contribution in [-0.2, 0) is 11.3 Å². The summed E-state index contributed by atoms with van der Waals surface area (Å²) in [6.45, 7) is 0.365. The van der Waals surface area contributed by atoms with E-state index in [0.29, 0.717) is 17.2 Å². The van der Waals surface area contributed by atoms with Gasteiger partial charge in [0, 0.05) is 17.6 Å². The van der Waals surface area contributed by atoms with E-state index < -0.39 is 11.0 Å². The fraction of sp³-hybridized carbons (Fsp3) is 0.143. The smallest absolute Gasteiger partial charge is 0.411 e. The van der Waals surface area contributed by atoms with Crippen molar-refractivity contribution in [1.82, 2.24) is 9.38 Å². The minimum atomic E-state index is -0.547. The van der Waals surface area contributed by atoms with Crippen LogP contribution in [0.2, 0.25) is 0 Å². The molecule has 10 heteroatoms. The molecule has 2 N–H and O–H groups in total. The molecule has 0 fully saturated rings. The number of imidazole rings is 1. The van der Waals surface area contributed by atoms with Gasteiger partial charge in [-0.2, -0.15) is 9.38 Å². The van der Waals surface area contributed by atoms with Crippen LogP contribution in [0.15, 0.2) is 35.8 Å². The maximum Gasteiger partial charge on any atom is 0.411 e. The van der Waals surface area contributed by atoms with Gasteiger partial charge >= 0.3 is 11.9 Å². The number of hydrogen-bond acceptors (Lipinski definition) is 7. The molecule has 0 bridgehead atoms. The number of rotatable bonds is 5. The molecule has 0 unspecified atom stereocenters. The number of anilines is 2. The number of nitrogens with one attached hydrogen (secondary N) is 2. The lowest BCUT2D eigenvalue weighted by molar-refractivity contribution is -0.389. The van der Waals surface area contributed by atoms with E-state index in [9.17, 15) is 14.9 Å². The van der Waals surface area contributed by atoms with Gasteiger partial charge in [0.15, 0.2) is 0 Å². The van der Waals surface area contributed by atoms with E-state index in [4.69, 9.17) is 0 Å².